The molecule has 96 valence electrons. The number of hydrogen-bond acceptors (Lipinski definition) is 0. The van der Waals surface area contributed by atoms with E-state index in [1.165, 1.54) is 18.4 Å². The summed E-state index contributed by atoms with van der Waals surface area (Å²) < 4.78 is 0. The molecule has 0 aliphatic heterocycles. The van der Waals surface area contributed by atoms with Crippen LogP contribution in [0.5, 0.6) is 0 Å². The van der Waals surface area contributed by atoms with E-state index in [0.717, 1.165) is 5.69 Å². The smallest absolute Gasteiger partial charge is 0.127 e. The molecule has 0 fully saturated rings. The summed E-state index contributed by atoms with van der Waals surface area (Å²) in [6, 6.07) is 8.80. The molecule has 0 saturated heterocycles. The highest BCUT2D eigenvalue weighted by Gasteiger charge is 2.36. The van der Waals surface area contributed by atoms with Gasteiger partial charge >= 0.3 is 0 Å². The van der Waals surface area contributed by atoms with Gasteiger partial charge in [0.25, 0.3) is 0 Å². The average molecular weight is 234 g/mol. The summed E-state index contributed by atoms with van der Waals surface area (Å²) in [4.78, 5) is 0. The second-order valence-electron chi connectivity index (χ2n) is 5.60. The molecule has 1 aromatic rings. The van der Waals surface area contributed by atoms with E-state index in [0.29, 0.717) is 11.8 Å². The normalized spacial score (nSPS) is 18.5. The number of hydrogen-bond donors (Lipinski definition) is 1. The standard InChI is InChI=1S/C16H27N/c1-6-12(3)16(5,13(4)7-2)14-8-10-15(17)11-9-14/h8-13H,6-7,17H2,1-5H3/p+1. The molecule has 0 aromatic heterocycles. The van der Waals surface area contributed by atoms with Crippen LogP contribution >= 0.6 is 0 Å². The van der Waals surface area contributed by atoms with Gasteiger partial charge in [0, 0.05) is 0 Å². The lowest BCUT2D eigenvalue weighted by Crippen LogP contribution is -2.40. The maximum absolute atomic E-state index is 3.97. The van der Waals surface area contributed by atoms with Gasteiger partial charge in [0.05, 0.1) is 0 Å². The molecule has 1 nitrogen and oxygen atoms in total. The summed E-state index contributed by atoms with van der Waals surface area (Å²) >= 11 is 0. The van der Waals surface area contributed by atoms with E-state index in [2.05, 4.69) is 64.6 Å². The van der Waals surface area contributed by atoms with Crippen LogP contribution in [-0.4, -0.2) is 0 Å². The Bertz CT molecular complexity index is 329. The van der Waals surface area contributed by atoms with Crippen LogP contribution in [0.25, 0.3) is 0 Å². The van der Waals surface area contributed by atoms with Gasteiger partial charge in [-0.1, -0.05) is 59.6 Å². The molecule has 0 bridgehead atoms. The number of rotatable bonds is 5. The maximum Gasteiger partial charge on any atom is 0.127 e. The summed E-state index contributed by atoms with van der Waals surface area (Å²) in [5.41, 5.74) is 6.82. The molecule has 2 unspecified atom stereocenters. The number of benzene rings is 1. The van der Waals surface area contributed by atoms with Gasteiger partial charge in [-0.3, -0.25) is 0 Å². The first kappa shape index (κ1) is 14.2. The largest absolute Gasteiger partial charge is 0.325 e. The molecule has 0 radical (unpaired) electrons. The van der Waals surface area contributed by atoms with Crippen molar-refractivity contribution in [2.45, 2.75) is 52.9 Å². The first-order chi connectivity index (χ1) is 7.96. The Labute approximate surface area is 106 Å². The van der Waals surface area contributed by atoms with Crippen molar-refractivity contribution >= 4 is 5.69 Å². The van der Waals surface area contributed by atoms with E-state index in [1.807, 2.05) is 0 Å². The SMILES string of the molecule is CCC(C)C(C)(c1ccc([NH3+])cc1)C(C)CC. The van der Waals surface area contributed by atoms with Crippen molar-refractivity contribution in [3.63, 3.8) is 0 Å². The zero-order valence-electron chi connectivity index (χ0n) is 12.1. The lowest BCUT2D eigenvalue weighted by molar-refractivity contribution is -0.254. The Morgan fingerprint density at radius 3 is 1.76 bits per heavy atom. The van der Waals surface area contributed by atoms with Gasteiger partial charge in [0.1, 0.15) is 5.69 Å². The molecular formula is C16H28N+. The molecule has 1 rings (SSSR count). The van der Waals surface area contributed by atoms with Crippen molar-refractivity contribution in [1.82, 2.24) is 0 Å². The minimum Gasteiger partial charge on any atom is -0.325 e. The third-order valence-electron chi connectivity index (χ3n) is 4.85. The van der Waals surface area contributed by atoms with E-state index >= 15 is 0 Å². The Morgan fingerprint density at radius 2 is 1.41 bits per heavy atom. The molecule has 3 N–H and O–H groups in total. The van der Waals surface area contributed by atoms with Crippen LogP contribution < -0.4 is 5.73 Å². The summed E-state index contributed by atoms with van der Waals surface area (Å²) in [5, 5.41) is 0. The third kappa shape index (κ3) is 2.71. The van der Waals surface area contributed by atoms with Crippen LogP contribution in [0.3, 0.4) is 0 Å². The molecule has 0 aliphatic rings. The van der Waals surface area contributed by atoms with Crippen molar-refractivity contribution in [3.05, 3.63) is 29.8 Å². The lowest BCUT2D eigenvalue weighted by Gasteiger charge is -2.41. The Morgan fingerprint density at radius 1 is 1.00 bits per heavy atom. The number of quaternary nitrogens is 1. The molecule has 0 heterocycles. The average Bonchev–Trinajstić information content (AvgIpc) is 2.36. The summed E-state index contributed by atoms with van der Waals surface area (Å²) in [7, 11) is 0. The van der Waals surface area contributed by atoms with Crippen molar-refractivity contribution in [3.8, 4) is 0 Å². The van der Waals surface area contributed by atoms with Crippen LogP contribution in [0, 0.1) is 11.8 Å². The molecule has 0 saturated carbocycles. The van der Waals surface area contributed by atoms with Gasteiger partial charge in [-0.05, 0) is 34.9 Å². The van der Waals surface area contributed by atoms with E-state index in [1.54, 1.807) is 0 Å². The van der Waals surface area contributed by atoms with Gasteiger partial charge in [-0.15, -0.1) is 0 Å². The highest BCUT2D eigenvalue weighted by molar-refractivity contribution is 5.35. The van der Waals surface area contributed by atoms with Crippen LogP contribution in [0.2, 0.25) is 0 Å². The Kier molecular flexibility index (Phi) is 4.76. The van der Waals surface area contributed by atoms with Gasteiger partial charge < -0.3 is 5.73 Å². The van der Waals surface area contributed by atoms with E-state index in [4.69, 9.17) is 0 Å². The van der Waals surface area contributed by atoms with Crippen LogP contribution in [0.15, 0.2) is 24.3 Å². The van der Waals surface area contributed by atoms with Crippen molar-refractivity contribution in [2.75, 3.05) is 0 Å². The lowest BCUT2D eigenvalue weighted by atomic mass is 9.63. The minimum absolute atomic E-state index is 0.275. The fourth-order valence-corrected chi connectivity index (χ4v) is 2.77. The van der Waals surface area contributed by atoms with Gasteiger partial charge in [-0.2, -0.15) is 0 Å². The second-order valence-corrected chi connectivity index (χ2v) is 5.60. The predicted octanol–water partition coefficient (Wildman–Crippen LogP) is 3.91. The molecular weight excluding hydrogens is 206 g/mol. The van der Waals surface area contributed by atoms with Crippen molar-refractivity contribution < 1.29 is 5.73 Å². The minimum atomic E-state index is 0.275. The second kappa shape index (κ2) is 5.68. The molecule has 2 atom stereocenters. The van der Waals surface area contributed by atoms with E-state index in [9.17, 15) is 0 Å². The third-order valence-corrected chi connectivity index (χ3v) is 4.85. The molecule has 1 aromatic carbocycles. The predicted molar refractivity (Wildman–Crippen MR) is 75.3 cm³/mol. The fourth-order valence-electron chi connectivity index (χ4n) is 2.77. The van der Waals surface area contributed by atoms with Gasteiger partial charge in [0.15, 0.2) is 0 Å². The highest BCUT2D eigenvalue weighted by Crippen LogP contribution is 2.42. The molecule has 0 spiro atoms. The summed E-state index contributed by atoms with van der Waals surface area (Å²) in [6.45, 7) is 11.8. The Balaban J connectivity index is 3.18. The summed E-state index contributed by atoms with van der Waals surface area (Å²) in [6.07, 6.45) is 2.46. The molecule has 0 aliphatic carbocycles. The zero-order valence-corrected chi connectivity index (χ0v) is 12.1. The van der Waals surface area contributed by atoms with E-state index in [-0.39, 0.29) is 5.41 Å². The Hall–Kier alpha value is -0.820. The molecule has 1 heteroatoms. The monoisotopic (exact) mass is 234 g/mol. The van der Waals surface area contributed by atoms with Crippen LogP contribution in [0.4, 0.5) is 5.69 Å². The topological polar surface area (TPSA) is 27.6 Å². The quantitative estimate of drug-likeness (QED) is 0.800. The van der Waals surface area contributed by atoms with Crippen LogP contribution in [-0.2, 0) is 5.41 Å². The maximum atomic E-state index is 3.97. The van der Waals surface area contributed by atoms with Gasteiger partial charge in [0.2, 0.25) is 0 Å². The summed E-state index contributed by atoms with van der Waals surface area (Å²) in [5.74, 6) is 1.40. The first-order valence-corrected chi connectivity index (χ1v) is 6.89. The first-order valence-electron chi connectivity index (χ1n) is 6.89. The fraction of sp³-hybridized carbons (Fsp3) is 0.625. The van der Waals surface area contributed by atoms with E-state index < -0.39 is 0 Å². The van der Waals surface area contributed by atoms with Crippen LogP contribution in [0.1, 0.15) is 53.0 Å². The van der Waals surface area contributed by atoms with Crippen molar-refractivity contribution in [2.24, 2.45) is 11.8 Å². The van der Waals surface area contributed by atoms with Gasteiger partial charge in [-0.25, -0.2) is 0 Å². The highest BCUT2D eigenvalue weighted by atomic mass is 14.5. The molecule has 17 heavy (non-hydrogen) atoms. The van der Waals surface area contributed by atoms with Crippen molar-refractivity contribution in [1.29, 1.82) is 0 Å². The molecule has 0 amide bonds. The zero-order chi connectivity index (χ0) is 13.1.